The van der Waals surface area contributed by atoms with E-state index in [2.05, 4.69) is 9.97 Å². The van der Waals surface area contributed by atoms with Crippen LogP contribution < -0.4 is 10.3 Å². The van der Waals surface area contributed by atoms with Crippen molar-refractivity contribution in [3.63, 3.8) is 0 Å². The second-order valence-electron chi connectivity index (χ2n) is 5.41. The first kappa shape index (κ1) is 13.6. The lowest BCUT2D eigenvalue weighted by Crippen LogP contribution is -2.09. The summed E-state index contributed by atoms with van der Waals surface area (Å²) in [6.07, 6.45) is 1.88. The second kappa shape index (κ2) is 5.32. The Labute approximate surface area is 132 Å². The fraction of sp³-hybridized carbons (Fsp3) is 0.105. The minimum atomic E-state index is -0.116. The van der Waals surface area contributed by atoms with Crippen molar-refractivity contribution in [2.45, 2.75) is 6.92 Å². The third-order valence-electron chi connectivity index (χ3n) is 4.02. The molecular formula is C19H16N2O2. The number of nitrogens with one attached hydrogen (secondary N) is 2. The highest BCUT2D eigenvalue weighted by Gasteiger charge is 2.12. The van der Waals surface area contributed by atoms with Gasteiger partial charge in [-0.3, -0.25) is 4.79 Å². The lowest BCUT2D eigenvalue weighted by Gasteiger charge is -2.08. The lowest BCUT2D eigenvalue weighted by atomic mass is 10.0. The standard InChI is InChI=1S/C19H16N2O2/c1-2-23-17-9-5-6-12-10-14(19(22)21-18(12)17)15-11-20-16-8-4-3-7-13(15)16/h3-11,20H,2H2,1H3,(H,21,22). The van der Waals surface area contributed by atoms with E-state index in [0.29, 0.717) is 17.9 Å². The van der Waals surface area contributed by atoms with Crippen LogP contribution in [0.3, 0.4) is 0 Å². The number of benzene rings is 2. The second-order valence-corrected chi connectivity index (χ2v) is 5.41. The molecule has 0 aliphatic rings. The predicted molar refractivity (Wildman–Crippen MR) is 93.0 cm³/mol. The van der Waals surface area contributed by atoms with Crippen molar-refractivity contribution in [3.8, 4) is 16.9 Å². The summed E-state index contributed by atoms with van der Waals surface area (Å²) in [6.45, 7) is 2.49. The summed E-state index contributed by atoms with van der Waals surface area (Å²) in [4.78, 5) is 18.8. The van der Waals surface area contributed by atoms with Crippen LogP contribution >= 0.6 is 0 Å². The molecule has 0 atom stereocenters. The zero-order valence-corrected chi connectivity index (χ0v) is 12.7. The number of rotatable bonds is 3. The highest BCUT2D eigenvalue weighted by molar-refractivity contribution is 5.97. The molecule has 0 fully saturated rings. The summed E-state index contributed by atoms with van der Waals surface area (Å²) in [5.41, 5.74) is 3.21. The number of pyridine rings is 1. The normalized spacial score (nSPS) is 11.2. The Kier molecular flexibility index (Phi) is 3.15. The van der Waals surface area contributed by atoms with Gasteiger partial charge in [-0.25, -0.2) is 0 Å². The Balaban J connectivity index is 1.98. The van der Waals surface area contributed by atoms with Crippen LogP contribution in [0.2, 0.25) is 0 Å². The molecule has 0 amide bonds. The molecule has 0 bridgehead atoms. The van der Waals surface area contributed by atoms with Gasteiger partial charge in [0, 0.05) is 33.6 Å². The molecule has 23 heavy (non-hydrogen) atoms. The van der Waals surface area contributed by atoms with Crippen molar-refractivity contribution < 1.29 is 4.74 Å². The van der Waals surface area contributed by atoms with E-state index < -0.39 is 0 Å². The molecule has 2 aromatic heterocycles. The number of H-pyrrole nitrogens is 2. The minimum Gasteiger partial charge on any atom is -0.492 e. The van der Waals surface area contributed by atoms with Crippen LogP contribution in [-0.4, -0.2) is 16.6 Å². The van der Waals surface area contributed by atoms with Gasteiger partial charge in [-0.2, -0.15) is 0 Å². The van der Waals surface area contributed by atoms with Crippen LogP contribution in [0.5, 0.6) is 5.75 Å². The Morgan fingerprint density at radius 2 is 1.91 bits per heavy atom. The summed E-state index contributed by atoms with van der Waals surface area (Å²) < 4.78 is 5.60. The molecular weight excluding hydrogens is 288 g/mol. The molecule has 0 radical (unpaired) electrons. The fourth-order valence-electron chi connectivity index (χ4n) is 2.97. The highest BCUT2D eigenvalue weighted by atomic mass is 16.5. The molecule has 0 saturated carbocycles. The van der Waals surface area contributed by atoms with E-state index in [0.717, 1.165) is 27.4 Å². The molecule has 4 heteroatoms. The maximum Gasteiger partial charge on any atom is 0.256 e. The first-order chi connectivity index (χ1) is 11.3. The van der Waals surface area contributed by atoms with Gasteiger partial charge in [0.05, 0.1) is 12.1 Å². The summed E-state index contributed by atoms with van der Waals surface area (Å²) in [5, 5.41) is 1.99. The average Bonchev–Trinajstić information content (AvgIpc) is 2.99. The molecule has 4 rings (SSSR count). The number of para-hydroxylation sites is 2. The van der Waals surface area contributed by atoms with Gasteiger partial charge in [0.1, 0.15) is 5.75 Å². The van der Waals surface area contributed by atoms with E-state index in [1.807, 2.05) is 61.7 Å². The number of ether oxygens (including phenoxy) is 1. The monoisotopic (exact) mass is 304 g/mol. The van der Waals surface area contributed by atoms with Crippen molar-refractivity contribution in [2.24, 2.45) is 0 Å². The van der Waals surface area contributed by atoms with Gasteiger partial charge < -0.3 is 14.7 Å². The molecule has 2 heterocycles. The smallest absolute Gasteiger partial charge is 0.256 e. The van der Waals surface area contributed by atoms with E-state index >= 15 is 0 Å². The molecule has 114 valence electrons. The van der Waals surface area contributed by atoms with Crippen LogP contribution in [0.4, 0.5) is 0 Å². The largest absolute Gasteiger partial charge is 0.492 e. The lowest BCUT2D eigenvalue weighted by molar-refractivity contribution is 0.343. The SMILES string of the molecule is CCOc1cccc2cc(-c3c[nH]c4ccccc34)c(=O)[nH]c12. The topological polar surface area (TPSA) is 57.9 Å². The van der Waals surface area contributed by atoms with Crippen LogP contribution in [0.15, 0.2) is 59.5 Å². The number of aromatic amines is 2. The average molecular weight is 304 g/mol. The molecule has 0 spiro atoms. The van der Waals surface area contributed by atoms with Gasteiger partial charge in [0.25, 0.3) is 5.56 Å². The maximum absolute atomic E-state index is 12.6. The Bertz CT molecular complexity index is 1060. The van der Waals surface area contributed by atoms with Crippen LogP contribution in [0, 0.1) is 0 Å². The van der Waals surface area contributed by atoms with Crippen molar-refractivity contribution in [3.05, 3.63) is 65.1 Å². The molecule has 0 saturated heterocycles. The predicted octanol–water partition coefficient (Wildman–Crippen LogP) is 4.08. The quantitative estimate of drug-likeness (QED) is 0.599. The van der Waals surface area contributed by atoms with E-state index in [1.165, 1.54) is 0 Å². The van der Waals surface area contributed by atoms with Gasteiger partial charge >= 0.3 is 0 Å². The Hall–Kier alpha value is -3.01. The van der Waals surface area contributed by atoms with Crippen LogP contribution in [-0.2, 0) is 0 Å². The third-order valence-corrected chi connectivity index (χ3v) is 4.02. The van der Waals surface area contributed by atoms with Gasteiger partial charge in [0.2, 0.25) is 0 Å². The van der Waals surface area contributed by atoms with Gasteiger partial charge in [-0.15, -0.1) is 0 Å². The number of hydrogen-bond acceptors (Lipinski definition) is 2. The van der Waals surface area contributed by atoms with Crippen LogP contribution in [0.25, 0.3) is 32.9 Å². The maximum atomic E-state index is 12.6. The summed E-state index contributed by atoms with van der Waals surface area (Å²) in [6, 6.07) is 15.7. The summed E-state index contributed by atoms with van der Waals surface area (Å²) >= 11 is 0. The first-order valence-electron chi connectivity index (χ1n) is 7.63. The number of hydrogen-bond donors (Lipinski definition) is 2. The van der Waals surface area contributed by atoms with Gasteiger partial charge in [-0.05, 0) is 25.1 Å². The van der Waals surface area contributed by atoms with E-state index in [9.17, 15) is 4.79 Å². The van der Waals surface area contributed by atoms with Crippen molar-refractivity contribution in [2.75, 3.05) is 6.61 Å². The molecule has 4 aromatic rings. The molecule has 0 unspecified atom stereocenters. The van der Waals surface area contributed by atoms with Crippen molar-refractivity contribution in [1.29, 1.82) is 0 Å². The van der Waals surface area contributed by atoms with Crippen LogP contribution in [0.1, 0.15) is 6.92 Å². The third kappa shape index (κ3) is 2.19. The molecule has 0 aliphatic carbocycles. The Morgan fingerprint density at radius 1 is 1.04 bits per heavy atom. The van der Waals surface area contributed by atoms with Crippen molar-refractivity contribution in [1.82, 2.24) is 9.97 Å². The zero-order valence-electron chi connectivity index (χ0n) is 12.7. The molecule has 4 nitrogen and oxygen atoms in total. The number of fused-ring (bicyclic) bond motifs is 2. The Morgan fingerprint density at radius 3 is 2.78 bits per heavy atom. The van der Waals surface area contributed by atoms with E-state index in [-0.39, 0.29) is 5.56 Å². The van der Waals surface area contributed by atoms with E-state index in [1.54, 1.807) is 0 Å². The fourth-order valence-corrected chi connectivity index (χ4v) is 2.97. The molecule has 2 N–H and O–H groups in total. The zero-order chi connectivity index (χ0) is 15.8. The summed E-state index contributed by atoms with van der Waals surface area (Å²) in [7, 11) is 0. The number of aromatic nitrogens is 2. The van der Waals surface area contributed by atoms with E-state index in [4.69, 9.17) is 4.74 Å². The summed E-state index contributed by atoms with van der Waals surface area (Å²) in [5.74, 6) is 0.701. The molecule has 2 aromatic carbocycles. The minimum absolute atomic E-state index is 0.116. The van der Waals surface area contributed by atoms with Crippen molar-refractivity contribution >= 4 is 21.8 Å². The first-order valence-corrected chi connectivity index (χ1v) is 7.63. The van der Waals surface area contributed by atoms with Gasteiger partial charge in [-0.1, -0.05) is 30.3 Å². The van der Waals surface area contributed by atoms with Gasteiger partial charge in [0.15, 0.2) is 0 Å². The highest BCUT2D eigenvalue weighted by Crippen LogP contribution is 2.29. The molecule has 0 aliphatic heterocycles.